The molecule has 0 bridgehead atoms. The highest BCUT2D eigenvalue weighted by atomic mass is 16.6. The summed E-state index contributed by atoms with van der Waals surface area (Å²) in [6.45, 7) is 0. The van der Waals surface area contributed by atoms with Gasteiger partial charge in [-0.3, -0.25) is 14.9 Å². The van der Waals surface area contributed by atoms with E-state index >= 15 is 0 Å². The number of carbonyl (C=O) groups excluding carboxylic acids is 1. The van der Waals surface area contributed by atoms with Crippen molar-refractivity contribution in [2.75, 3.05) is 10.6 Å². The van der Waals surface area contributed by atoms with Crippen LogP contribution in [-0.4, -0.2) is 28.1 Å². The number of rotatable bonds is 3. The van der Waals surface area contributed by atoms with Gasteiger partial charge in [0.25, 0.3) is 5.69 Å². The molecule has 0 unspecified atom stereocenters. The lowest BCUT2D eigenvalue weighted by Crippen LogP contribution is -2.39. The largest absolute Gasteiger partial charge is 0.393 e. The van der Waals surface area contributed by atoms with E-state index < -0.39 is 4.92 Å². The Balaban J connectivity index is 1.91. The Morgan fingerprint density at radius 2 is 2.10 bits per heavy atom. The van der Waals surface area contributed by atoms with Crippen LogP contribution in [0.1, 0.15) is 24.8 Å². The van der Waals surface area contributed by atoms with Crippen molar-refractivity contribution >= 4 is 23.0 Å². The van der Waals surface area contributed by atoms with Gasteiger partial charge >= 0.3 is 0 Å². The van der Waals surface area contributed by atoms with Crippen molar-refractivity contribution in [3.63, 3.8) is 0 Å². The normalized spacial score (nSPS) is 24.4. The number of anilines is 2. The van der Waals surface area contributed by atoms with Crippen molar-refractivity contribution < 1.29 is 14.8 Å². The Morgan fingerprint density at radius 1 is 1.35 bits per heavy atom. The molecule has 1 aliphatic heterocycles. The third-order valence-corrected chi connectivity index (χ3v) is 3.79. The molecule has 3 N–H and O–H groups in total. The molecule has 0 radical (unpaired) electrons. The summed E-state index contributed by atoms with van der Waals surface area (Å²) in [5, 5.41) is 26.2. The molecule has 7 nitrogen and oxygen atoms in total. The lowest BCUT2D eigenvalue weighted by molar-refractivity contribution is -0.383. The number of amides is 1. The molecule has 106 valence electrons. The predicted molar refractivity (Wildman–Crippen MR) is 72.7 cm³/mol. The molecule has 1 heterocycles. The van der Waals surface area contributed by atoms with Gasteiger partial charge in [-0.15, -0.1) is 0 Å². The summed E-state index contributed by atoms with van der Waals surface area (Å²) in [5.41, 5.74) is 1.83. The minimum absolute atomic E-state index is 0.0488. The van der Waals surface area contributed by atoms with E-state index in [4.69, 9.17) is 0 Å². The number of nitro groups is 1. The first kappa shape index (κ1) is 12.9. The smallest absolute Gasteiger partial charge is 0.294 e. The minimum Gasteiger partial charge on any atom is -0.393 e. The predicted octanol–water partition coefficient (Wildman–Crippen LogP) is 1.41. The number of nitro benzene ring substituents is 1. The van der Waals surface area contributed by atoms with E-state index in [1.165, 1.54) is 6.07 Å². The fourth-order valence-electron chi connectivity index (χ4n) is 2.61. The lowest BCUT2D eigenvalue weighted by Gasteiger charge is -2.33. The van der Waals surface area contributed by atoms with Crippen molar-refractivity contribution in [1.82, 2.24) is 0 Å². The SMILES string of the molecule is O=C1CCc2cc(NC3CC(O)C3)c([N+](=O)[O-])cc2N1. The van der Waals surface area contributed by atoms with E-state index in [1.807, 2.05) is 0 Å². The second-order valence-electron chi connectivity index (χ2n) is 5.30. The van der Waals surface area contributed by atoms with Crippen LogP contribution in [0.4, 0.5) is 17.1 Å². The molecule has 20 heavy (non-hydrogen) atoms. The van der Waals surface area contributed by atoms with Gasteiger partial charge in [-0.1, -0.05) is 0 Å². The van der Waals surface area contributed by atoms with E-state index in [-0.39, 0.29) is 23.7 Å². The number of fused-ring (bicyclic) bond motifs is 1. The van der Waals surface area contributed by atoms with Gasteiger partial charge in [-0.25, -0.2) is 0 Å². The summed E-state index contributed by atoms with van der Waals surface area (Å²) in [5.74, 6) is -0.116. The molecule has 1 aromatic carbocycles. The fraction of sp³-hybridized carbons (Fsp3) is 0.462. The monoisotopic (exact) mass is 277 g/mol. The summed E-state index contributed by atoms with van der Waals surface area (Å²) < 4.78 is 0. The van der Waals surface area contributed by atoms with E-state index in [0.717, 1.165) is 5.56 Å². The van der Waals surface area contributed by atoms with Crippen LogP contribution < -0.4 is 10.6 Å². The Hall–Kier alpha value is -2.15. The summed E-state index contributed by atoms with van der Waals surface area (Å²) in [6, 6.07) is 3.21. The minimum atomic E-state index is -0.460. The summed E-state index contributed by atoms with van der Waals surface area (Å²) in [4.78, 5) is 22.0. The molecule has 1 aromatic rings. The number of aryl methyl sites for hydroxylation is 1. The van der Waals surface area contributed by atoms with Crippen LogP contribution in [0.25, 0.3) is 0 Å². The van der Waals surface area contributed by atoms with E-state index in [1.54, 1.807) is 6.07 Å². The van der Waals surface area contributed by atoms with Gasteiger partial charge in [0.1, 0.15) is 5.69 Å². The van der Waals surface area contributed by atoms with Gasteiger partial charge in [0.2, 0.25) is 5.91 Å². The summed E-state index contributed by atoms with van der Waals surface area (Å²) >= 11 is 0. The number of aliphatic hydroxyl groups excluding tert-OH is 1. The average Bonchev–Trinajstić information content (AvgIpc) is 2.36. The highest BCUT2D eigenvalue weighted by molar-refractivity contribution is 5.95. The molecular weight excluding hydrogens is 262 g/mol. The standard InChI is InChI=1S/C13H15N3O4/c17-9-4-8(5-9)14-11-3-7-1-2-13(18)15-10(7)6-12(11)16(19)20/h3,6,8-9,14,17H,1-2,4-5H2,(H,15,18). The molecule has 3 rings (SSSR count). The number of hydrogen-bond donors (Lipinski definition) is 3. The fourth-order valence-corrected chi connectivity index (χ4v) is 2.61. The Kier molecular flexibility index (Phi) is 3.06. The van der Waals surface area contributed by atoms with Gasteiger partial charge in [0.15, 0.2) is 0 Å². The van der Waals surface area contributed by atoms with Crippen LogP contribution in [0.3, 0.4) is 0 Å². The molecule has 2 aliphatic rings. The number of benzene rings is 1. The van der Waals surface area contributed by atoms with Crippen molar-refractivity contribution in [1.29, 1.82) is 0 Å². The van der Waals surface area contributed by atoms with Crippen molar-refractivity contribution in [3.8, 4) is 0 Å². The van der Waals surface area contributed by atoms with Crippen LogP contribution in [-0.2, 0) is 11.2 Å². The van der Waals surface area contributed by atoms with Crippen molar-refractivity contribution in [3.05, 3.63) is 27.8 Å². The Morgan fingerprint density at radius 3 is 2.75 bits per heavy atom. The third-order valence-electron chi connectivity index (χ3n) is 3.79. The van der Waals surface area contributed by atoms with Crippen LogP contribution in [0, 0.1) is 10.1 Å². The topological polar surface area (TPSA) is 104 Å². The molecule has 1 amide bonds. The number of nitrogens with one attached hydrogen (secondary N) is 2. The maximum atomic E-state index is 11.3. The maximum Gasteiger partial charge on any atom is 0.294 e. The highest BCUT2D eigenvalue weighted by Crippen LogP contribution is 2.36. The zero-order chi connectivity index (χ0) is 14.3. The van der Waals surface area contributed by atoms with Gasteiger partial charge in [0, 0.05) is 18.5 Å². The second-order valence-corrected chi connectivity index (χ2v) is 5.30. The number of aliphatic hydroxyl groups is 1. The molecule has 1 saturated carbocycles. The van der Waals surface area contributed by atoms with Gasteiger partial charge in [-0.05, 0) is 30.9 Å². The first-order valence-electron chi connectivity index (χ1n) is 6.58. The summed E-state index contributed by atoms with van der Waals surface area (Å²) in [6.07, 6.45) is 1.87. The third kappa shape index (κ3) is 2.32. The quantitative estimate of drug-likeness (QED) is 0.572. The van der Waals surface area contributed by atoms with Crippen LogP contribution in [0.2, 0.25) is 0 Å². The van der Waals surface area contributed by atoms with Crippen LogP contribution in [0.5, 0.6) is 0 Å². The van der Waals surface area contributed by atoms with E-state index in [9.17, 15) is 20.0 Å². The maximum absolute atomic E-state index is 11.3. The van der Waals surface area contributed by atoms with Gasteiger partial charge in [0.05, 0.1) is 16.7 Å². The molecule has 1 fully saturated rings. The molecule has 0 atom stereocenters. The number of carbonyl (C=O) groups is 1. The molecule has 0 spiro atoms. The van der Waals surface area contributed by atoms with E-state index in [0.29, 0.717) is 37.1 Å². The molecular formula is C13H15N3O4. The van der Waals surface area contributed by atoms with E-state index in [2.05, 4.69) is 10.6 Å². The molecule has 1 aliphatic carbocycles. The first-order valence-corrected chi connectivity index (χ1v) is 6.58. The zero-order valence-corrected chi connectivity index (χ0v) is 10.8. The van der Waals surface area contributed by atoms with Crippen LogP contribution >= 0.6 is 0 Å². The highest BCUT2D eigenvalue weighted by Gasteiger charge is 2.30. The molecule has 0 aromatic heterocycles. The average molecular weight is 277 g/mol. The van der Waals surface area contributed by atoms with Crippen molar-refractivity contribution in [2.24, 2.45) is 0 Å². The van der Waals surface area contributed by atoms with Gasteiger partial charge < -0.3 is 15.7 Å². The van der Waals surface area contributed by atoms with Crippen molar-refractivity contribution in [2.45, 2.75) is 37.8 Å². The number of hydrogen-bond acceptors (Lipinski definition) is 5. The van der Waals surface area contributed by atoms with Crippen LogP contribution in [0.15, 0.2) is 12.1 Å². The first-order chi connectivity index (χ1) is 9.52. The second kappa shape index (κ2) is 4.75. The summed E-state index contributed by atoms with van der Waals surface area (Å²) in [7, 11) is 0. The molecule has 7 heteroatoms. The Labute approximate surface area is 115 Å². The number of nitrogens with zero attached hydrogens (tertiary/aromatic N) is 1. The van der Waals surface area contributed by atoms with Gasteiger partial charge in [-0.2, -0.15) is 0 Å². The lowest BCUT2D eigenvalue weighted by atomic mass is 9.89. The molecule has 0 saturated heterocycles. The Bertz CT molecular complexity index is 581. The zero-order valence-electron chi connectivity index (χ0n) is 10.8.